The van der Waals surface area contributed by atoms with Crippen LogP contribution in [0.5, 0.6) is 0 Å². The maximum absolute atomic E-state index is 8.76. The third-order valence-corrected chi connectivity index (χ3v) is 13.9. The minimum atomic E-state index is -3.68. The van der Waals surface area contributed by atoms with Crippen molar-refractivity contribution in [3.8, 4) is 0 Å². The zero-order valence-electron chi connectivity index (χ0n) is 15.5. The van der Waals surface area contributed by atoms with E-state index < -0.39 is 6.75 Å². The lowest BCUT2D eigenvalue weighted by molar-refractivity contribution is 1.43. The molecule has 0 unspecified atom stereocenters. The first-order chi connectivity index (χ1) is 13.9. The monoisotopic (exact) mass is 436 g/mol. The van der Waals surface area contributed by atoms with Crippen molar-refractivity contribution in [1.82, 2.24) is 0 Å². The first kappa shape index (κ1) is 19.6. The predicted octanol–water partition coefficient (Wildman–Crippen LogP) is 5.00. The number of hydrogen-bond donors (Lipinski definition) is 4. The van der Waals surface area contributed by atoms with E-state index in [-0.39, 0.29) is 10.3 Å². The van der Waals surface area contributed by atoms with Crippen LogP contribution in [0.4, 0.5) is 0 Å². The normalized spacial score (nSPS) is 13.0. The van der Waals surface area contributed by atoms with Crippen molar-refractivity contribution in [3.63, 3.8) is 0 Å². The van der Waals surface area contributed by atoms with Gasteiger partial charge in [0.15, 0.2) is 10.3 Å². The third-order valence-electron chi connectivity index (χ3n) is 4.95. The number of benzene rings is 4. The SMILES string of the molecule is N=C(N)SS(=S)(C(=N)N)(c1cccc2ccccc12)c1cccc2ccccc12. The molecule has 0 radical (unpaired) electrons. The summed E-state index contributed by atoms with van der Waals surface area (Å²) in [5, 5.41) is 20.4. The number of fused-ring (bicyclic) bond motifs is 2. The van der Waals surface area contributed by atoms with Crippen LogP contribution in [0.2, 0.25) is 0 Å². The fraction of sp³-hybridized carbons (Fsp3) is 0. The van der Waals surface area contributed by atoms with Crippen LogP contribution in [0, 0.1) is 10.8 Å². The van der Waals surface area contributed by atoms with E-state index in [0.29, 0.717) is 0 Å². The molecule has 146 valence electrons. The van der Waals surface area contributed by atoms with E-state index in [9.17, 15) is 0 Å². The first-order valence-corrected chi connectivity index (χ1v) is 13.2. The Labute approximate surface area is 177 Å². The van der Waals surface area contributed by atoms with Crippen LogP contribution in [0.1, 0.15) is 0 Å². The van der Waals surface area contributed by atoms with Gasteiger partial charge in [-0.2, -0.15) is 0 Å². The number of hydrogen-bond acceptors (Lipinski definition) is 4. The second-order valence-electron chi connectivity index (χ2n) is 6.64. The molecule has 0 atom stereocenters. The zero-order valence-corrected chi connectivity index (χ0v) is 17.9. The average molecular weight is 437 g/mol. The number of nitrogens with two attached hydrogens (primary N) is 2. The smallest absolute Gasteiger partial charge is 0.161 e. The Morgan fingerprint density at radius 3 is 1.52 bits per heavy atom. The summed E-state index contributed by atoms with van der Waals surface area (Å²) in [6.45, 7) is -3.68. The van der Waals surface area contributed by atoms with Crippen molar-refractivity contribution in [2.45, 2.75) is 9.79 Å². The van der Waals surface area contributed by atoms with Crippen LogP contribution < -0.4 is 11.5 Å². The van der Waals surface area contributed by atoms with E-state index in [2.05, 4.69) is 0 Å². The Hall–Kier alpha value is -2.74. The lowest BCUT2D eigenvalue weighted by Crippen LogP contribution is -2.43. The van der Waals surface area contributed by atoms with Crippen molar-refractivity contribution in [2.75, 3.05) is 0 Å². The molecule has 0 amide bonds. The van der Waals surface area contributed by atoms with Gasteiger partial charge in [0.1, 0.15) is 0 Å². The maximum atomic E-state index is 8.76. The summed E-state index contributed by atoms with van der Waals surface area (Å²) < 4.78 is 0. The van der Waals surface area contributed by atoms with Crippen LogP contribution in [-0.4, -0.2) is 10.3 Å². The van der Waals surface area contributed by atoms with Crippen LogP contribution in [-0.2, 0) is 17.9 Å². The summed E-state index contributed by atoms with van der Waals surface area (Å²) in [5.74, 6) is 0. The van der Waals surface area contributed by atoms with E-state index in [1.165, 1.54) is 0 Å². The second-order valence-corrected chi connectivity index (χ2v) is 15.4. The topological polar surface area (TPSA) is 99.7 Å². The molecule has 0 aliphatic heterocycles. The van der Waals surface area contributed by atoms with Gasteiger partial charge in [0, 0.05) is 9.79 Å². The Morgan fingerprint density at radius 2 is 1.10 bits per heavy atom. The standard InChI is InChI=1S/C22H20N4S3/c23-21(24)28-29(27,22(25)26,19-13-5-9-15-7-1-3-11-17(15)19)20-14-6-10-16-8-2-4-12-18(16)20/h1-14H,(H3,23,24)(H3,25,26). The molecular formula is C22H20N4S3. The molecule has 29 heavy (non-hydrogen) atoms. The van der Waals surface area contributed by atoms with Gasteiger partial charge in [-0.25, -0.2) is 0 Å². The summed E-state index contributed by atoms with van der Waals surface area (Å²) in [7, 11) is 1.03. The van der Waals surface area contributed by atoms with E-state index >= 15 is 0 Å². The highest BCUT2D eigenvalue weighted by atomic mass is 33.4. The molecule has 0 aliphatic rings. The fourth-order valence-electron chi connectivity index (χ4n) is 3.70. The number of rotatable bonds is 2. The Morgan fingerprint density at radius 1 is 0.690 bits per heavy atom. The molecule has 0 spiro atoms. The van der Waals surface area contributed by atoms with Gasteiger partial charge in [-0.05, 0) is 62.4 Å². The molecule has 0 bridgehead atoms. The van der Waals surface area contributed by atoms with Gasteiger partial charge >= 0.3 is 0 Å². The fourth-order valence-corrected chi connectivity index (χ4v) is 11.1. The highest BCUT2D eigenvalue weighted by Crippen LogP contribution is 2.57. The van der Waals surface area contributed by atoms with Gasteiger partial charge in [-0.1, -0.05) is 72.8 Å². The molecule has 6 N–H and O–H groups in total. The molecule has 0 aliphatic carbocycles. The molecule has 0 heterocycles. The van der Waals surface area contributed by atoms with Crippen LogP contribution in [0.15, 0.2) is 94.7 Å². The van der Waals surface area contributed by atoms with Gasteiger partial charge in [-0.15, -0.1) is 0 Å². The molecule has 4 aromatic carbocycles. The van der Waals surface area contributed by atoms with Gasteiger partial charge in [0.2, 0.25) is 0 Å². The lowest BCUT2D eigenvalue weighted by atomic mass is 10.1. The van der Waals surface area contributed by atoms with Crippen LogP contribution >= 0.6 is 10.8 Å². The van der Waals surface area contributed by atoms with Gasteiger partial charge in [0.25, 0.3) is 0 Å². The summed E-state index contributed by atoms with van der Waals surface area (Å²) >= 11 is 6.46. The Balaban J connectivity index is 2.27. The molecule has 0 saturated heterocycles. The molecule has 0 aromatic heterocycles. The van der Waals surface area contributed by atoms with Crippen molar-refractivity contribution >= 4 is 60.6 Å². The molecule has 4 nitrogen and oxygen atoms in total. The molecule has 0 fully saturated rings. The molecular weight excluding hydrogens is 416 g/mol. The second kappa shape index (κ2) is 6.95. The van der Waals surface area contributed by atoms with E-state index in [1.54, 1.807) is 0 Å². The van der Waals surface area contributed by atoms with E-state index in [0.717, 1.165) is 42.1 Å². The van der Waals surface area contributed by atoms with Gasteiger partial charge in [0.05, 0.1) is 0 Å². The van der Waals surface area contributed by atoms with Crippen molar-refractivity contribution in [2.24, 2.45) is 11.5 Å². The lowest BCUT2D eigenvalue weighted by Gasteiger charge is -2.45. The molecule has 4 aromatic rings. The van der Waals surface area contributed by atoms with Crippen molar-refractivity contribution in [3.05, 3.63) is 84.9 Å². The van der Waals surface area contributed by atoms with Gasteiger partial charge in [-0.3, -0.25) is 10.8 Å². The summed E-state index contributed by atoms with van der Waals surface area (Å²) in [6, 6.07) is 27.5. The Bertz CT molecular complexity index is 1270. The Kier molecular flexibility index (Phi) is 4.69. The quantitative estimate of drug-likeness (QED) is 0.202. The molecule has 0 saturated carbocycles. The highest BCUT2D eigenvalue weighted by Gasteiger charge is 2.45. The maximum Gasteiger partial charge on any atom is 0.161 e. The minimum absolute atomic E-state index is 0.148. The van der Waals surface area contributed by atoms with Gasteiger partial charge < -0.3 is 11.5 Å². The summed E-state index contributed by atoms with van der Waals surface area (Å²) in [6.07, 6.45) is 0. The summed E-state index contributed by atoms with van der Waals surface area (Å²) in [4.78, 5) is 1.53. The van der Waals surface area contributed by atoms with E-state index in [4.69, 9.17) is 33.5 Å². The molecule has 4 rings (SSSR count). The largest absolute Gasteiger partial charge is 0.379 e. The third kappa shape index (κ3) is 2.85. The minimum Gasteiger partial charge on any atom is -0.379 e. The van der Waals surface area contributed by atoms with Crippen LogP contribution in [0.3, 0.4) is 0 Å². The predicted molar refractivity (Wildman–Crippen MR) is 131 cm³/mol. The average Bonchev–Trinajstić information content (AvgIpc) is 2.72. The van der Waals surface area contributed by atoms with Crippen molar-refractivity contribution in [1.29, 1.82) is 10.8 Å². The zero-order chi connectivity index (χ0) is 20.7. The van der Waals surface area contributed by atoms with E-state index in [1.807, 2.05) is 84.9 Å². The number of nitrogens with one attached hydrogen (secondary N) is 2. The first-order valence-electron chi connectivity index (χ1n) is 8.87. The highest BCUT2D eigenvalue weighted by molar-refractivity contribution is 9.07. The summed E-state index contributed by atoms with van der Waals surface area (Å²) in [5.41, 5.74) is 12.3. The number of amidine groups is 2. The van der Waals surface area contributed by atoms with Crippen LogP contribution in [0.25, 0.3) is 21.5 Å². The van der Waals surface area contributed by atoms with Crippen molar-refractivity contribution < 1.29 is 0 Å². The molecule has 7 heteroatoms.